The predicted octanol–water partition coefficient (Wildman–Crippen LogP) is 2.19. The van der Waals surface area contributed by atoms with Crippen LogP contribution in [0, 0.1) is 11.6 Å². The fraction of sp³-hybridized carbons (Fsp3) is 0.125. The normalized spacial score (nSPS) is 9.93. The highest BCUT2D eigenvalue weighted by molar-refractivity contribution is 9.10. The number of benzene rings is 1. The fourth-order valence-electron chi connectivity index (χ4n) is 0.759. The van der Waals surface area contributed by atoms with E-state index >= 15 is 0 Å². The summed E-state index contributed by atoms with van der Waals surface area (Å²) in [4.78, 5) is 10.1. The van der Waals surface area contributed by atoms with Crippen molar-refractivity contribution < 1.29 is 23.4 Å². The maximum absolute atomic E-state index is 13.0. The van der Waals surface area contributed by atoms with Gasteiger partial charge < -0.3 is 9.84 Å². The SMILES string of the molecule is O=C(O)COc1ccc(Br)c(F)c1F. The van der Waals surface area contributed by atoms with Crippen LogP contribution in [0.15, 0.2) is 16.6 Å². The molecule has 0 aliphatic rings. The molecule has 0 unspecified atom stereocenters. The maximum atomic E-state index is 13.0. The van der Waals surface area contributed by atoms with Crippen LogP contribution in [0.4, 0.5) is 8.78 Å². The topological polar surface area (TPSA) is 46.5 Å². The monoisotopic (exact) mass is 266 g/mol. The second-order valence-corrected chi connectivity index (χ2v) is 3.21. The molecule has 0 atom stereocenters. The smallest absolute Gasteiger partial charge is 0.341 e. The minimum atomic E-state index is -1.26. The molecule has 0 radical (unpaired) electrons. The highest BCUT2D eigenvalue weighted by Gasteiger charge is 2.13. The molecule has 6 heteroatoms. The van der Waals surface area contributed by atoms with Crippen LogP contribution in [0.3, 0.4) is 0 Å². The number of hydrogen-bond acceptors (Lipinski definition) is 2. The first kappa shape index (κ1) is 10.9. The molecular formula is C8H5BrF2O3. The van der Waals surface area contributed by atoms with Crippen LogP contribution >= 0.6 is 15.9 Å². The summed E-state index contributed by atoms with van der Waals surface area (Å²) in [6, 6.07) is 2.38. The second-order valence-electron chi connectivity index (χ2n) is 2.36. The Bertz CT molecular complexity index is 368. The van der Waals surface area contributed by atoms with Gasteiger partial charge in [0.05, 0.1) is 4.47 Å². The van der Waals surface area contributed by atoms with Crippen molar-refractivity contribution in [3.8, 4) is 5.75 Å². The summed E-state index contributed by atoms with van der Waals surface area (Å²) in [5, 5.41) is 8.24. The van der Waals surface area contributed by atoms with Gasteiger partial charge in [-0.3, -0.25) is 0 Å². The van der Waals surface area contributed by atoms with E-state index in [0.29, 0.717) is 0 Å². The Morgan fingerprint density at radius 3 is 2.64 bits per heavy atom. The molecule has 76 valence electrons. The van der Waals surface area contributed by atoms with Crippen LogP contribution in [0.2, 0.25) is 0 Å². The summed E-state index contributed by atoms with van der Waals surface area (Å²) in [5.41, 5.74) is 0. The number of hydrogen-bond donors (Lipinski definition) is 1. The second kappa shape index (κ2) is 4.36. The van der Waals surface area contributed by atoms with Gasteiger partial charge in [-0.1, -0.05) is 0 Å². The molecule has 0 aliphatic heterocycles. The molecule has 0 bridgehead atoms. The van der Waals surface area contributed by atoms with Gasteiger partial charge in [-0.25, -0.2) is 9.18 Å². The third-order valence-corrected chi connectivity index (χ3v) is 1.96. The zero-order valence-electron chi connectivity index (χ0n) is 6.76. The van der Waals surface area contributed by atoms with E-state index in [4.69, 9.17) is 5.11 Å². The summed E-state index contributed by atoms with van der Waals surface area (Å²) >= 11 is 2.77. The van der Waals surface area contributed by atoms with Crippen molar-refractivity contribution in [1.82, 2.24) is 0 Å². The Kier molecular flexibility index (Phi) is 3.40. The van der Waals surface area contributed by atoms with Crippen LogP contribution < -0.4 is 4.74 Å². The van der Waals surface area contributed by atoms with Gasteiger partial charge in [-0.2, -0.15) is 4.39 Å². The number of carboxylic acid groups (broad SMARTS) is 1. The first-order valence-corrected chi connectivity index (χ1v) is 4.29. The molecule has 0 fully saturated rings. The van der Waals surface area contributed by atoms with E-state index in [1.807, 2.05) is 0 Å². The van der Waals surface area contributed by atoms with Crippen molar-refractivity contribution in [2.24, 2.45) is 0 Å². The summed E-state index contributed by atoms with van der Waals surface area (Å²) in [7, 11) is 0. The third kappa shape index (κ3) is 2.41. The number of ether oxygens (including phenoxy) is 1. The van der Waals surface area contributed by atoms with Gasteiger partial charge in [-0.05, 0) is 28.1 Å². The number of carboxylic acids is 1. The Morgan fingerprint density at radius 2 is 2.07 bits per heavy atom. The van der Waals surface area contributed by atoms with Crippen LogP contribution in [-0.4, -0.2) is 17.7 Å². The molecule has 0 aliphatic carbocycles. The fourth-order valence-corrected chi connectivity index (χ4v) is 1.07. The Morgan fingerprint density at radius 1 is 1.43 bits per heavy atom. The summed E-state index contributed by atoms with van der Waals surface area (Å²) < 4.78 is 30.3. The number of rotatable bonds is 3. The first-order chi connectivity index (χ1) is 6.52. The summed E-state index contributed by atoms with van der Waals surface area (Å²) in [6.07, 6.45) is 0. The lowest BCUT2D eigenvalue weighted by Crippen LogP contribution is -2.10. The number of aliphatic carboxylic acids is 1. The Hall–Kier alpha value is -1.17. The van der Waals surface area contributed by atoms with Gasteiger partial charge in [-0.15, -0.1) is 0 Å². The molecule has 3 nitrogen and oxygen atoms in total. The van der Waals surface area contributed by atoms with Crippen LogP contribution in [-0.2, 0) is 4.79 Å². The maximum Gasteiger partial charge on any atom is 0.341 e. The largest absolute Gasteiger partial charge is 0.479 e. The standard InChI is InChI=1S/C8H5BrF2O3/c9-4-1-2-5(8(11)7(4)10)14-3-6(12)13/h1-2H,3H2,(H,12,13). The minimum Gasteiger partial charge on any atom is -0.479 e. The average Bonchev–Trinajstić information content (AvgIpc) is 2.13. The van der Waals surface area contributed by atoms with Crippen molar-refractivity contribution in [2.75, 3.05) is 6.61 Å². The van der Waals surface area contributed by atoms with Crippen molar-refractivity contribution >= 4 is 21.9 Å². The third-order valence-electron chi connectivity index (χ3n) is 1.35. The molecule has 0 saturated carbocycles. The zero-order valence-corrected chi connectivity index (χ0v) is 8.35. The molecule has 1 N–H and O–H groups in total. The van der Waals surface area contributed by atoms with Crippen molar-refractivity contribution in [2.45, 2.75) is 0 Å². The molecule has 0 saturated heterocycles. The lowest BCUT2D eigenvalue weighted by molar-refractivity contribution is -0.139. The Balaban J connectivity index is 2.88. The number of carbonyl (C=O) groups is 1. The molecule has 1 aromatic rings. The van der Waals surface area contributed by atoms with Gasteiger partial charge in [0.2, 0.25) is 5.82 Å². The predicted molar refractivity (Wildman–Crippen MR) is 47.2 cm³/mol. The molecule has 0 aromatic heterocycles. The quantitative estimate of drug-likeness (QED) is 0.854. The highest BCUT2D eigenvalue weighted by Crippen LogP contribution is 2.25. The number of halogens is 3. The zero-order chi connectivity index (χ0) is 10.7. The van der Waals surface area contributed by atoms with E-state index in [-0.39, 0.29) is 4.47 Å². The van der Waals surface area contributed by atoms with Crippen LogP contribution in [0.25, 0.3) is 0 Å². The Labute approximate surface area is 86.4 Å². The molecule has 14 heavy (non-hydrogen) atoms. The highest BCUT2D eigenvalue weighted by atomic mass is 79.9. The van der Waals surface area contributed by atoms with Crippen molar-refractivity contribution in [3.05, 3.63) is 28.2 Å². The lowest BCUT2D eigenvalue weighted by atomic mass is 10.3. The average molecular weight is 267 g/mol. The molecule has 0 amide bonds. The summed E-state index contributed by atoms with van der Waals surface area (Å²) in [6.45, 7) is -0.710. The summed E-state index contributed by atoms with van der Waals surface area (Å²) in [5.74, 6) is -3.99. The van der Waals surface area contributed by atoms with E-state index in [2.05, 4.69) is 20.7 Å². The molecule has 1 rings (SSSR count). The van der Waals surface area contributed by atoms with E-state index in [0.717, 1.165) is 6.07 Å². The van der Waals surface area contributed by atoms with E-state index < -0.39 is 30.0 Å². The van der Waals surface area contributed by atoms with E-state index in [1.54, 1.807) is 0 Å². The molecule has 0 spiro atoms. The molecular weight excluding hydrogens is 262 g/mol. The molecule has 0 heterocycles. The molecule has 1 aromatic carbocycles. The minimum absolute atomic E-state index is 0.0438. The van der Waals surface area contributed by atoms with E-state index in [1.165, 1.54) is 6.07 Å². The lowest BCUT2D eigenvalue weighted by Gasteiger charge is -2.05. The van der Waals surface area contributed by atoms with Gasteiger partial charge in [0, 0.05) is 0 Å². The van der Waals surface area contributed by atoms with Gasteiger partial charge in [0.15, 0.2) is 18.2 Å². The van der Waals surface area contributed by atoms with Crippen LogP contribution in [0.1, 0.15) is 0 Å². The van der Waals surface area contributed by atoms with Gasteiger partial charge in [0.25, 0.3) is 0 Å². The van der Waals surface area contributed by atoms with Crippen LogP contribution in [0.5, 0.6) is 5.75 Å². The van der Waals surface area contributed by atoms with E-state index in [9.17, 15) is 13.6 Å². The van der Waals surface area contributed by atoms with Crippen molar-refractivity contribution in [1.29, 1.82) is 0 Å². The van der Waals surface area contributed by atoms with Gasteiger partial charge >= 0.3 is 5.97 Å². The first-order valence-electron chi connectivity index (χ1n) is 3.50. The van der Waals surface area contributed by atoms with Crippen molar-refractivity contribution in [3.63, 3.8) is 0 Å². The van der Waals surface area contributed by atoms with Gasteiger partial charge in [0.1, 0.15) is 0 Å².